The van der Waals surface area contributed by atoms with Crippen LogP contribution in [0, 0.1) is 0 Å². The van der Waals surface area contributed by atoms with E-state index in [1.807, 2.05) is 24.3 Å². The molecule has 1 atom stereocenters. The second kappa shape index (κ2) is 10.6. The summed E-state index contributed by atoms with van der Waals surface area (Å²) in [6, 6.07) is 11.0. The highest BCUT2D eigenvalue weighted by Crippen LogP contribution is 2.24. The lowest BCUT2D eigenvalue weighted by atomic mass is 10.1. The summed E-state index contributed by atoms with van der Waals surface area (Å²) in [4.78, 5) is 16.7. The average Bonchev–Trinajstić information content (AvgIpc) is 2.58. The molecule has 0 spiro atoms. The SMILES string of the molecule is Cl.Cl.O=C(N[C@H]1CCCNC1)c1cccnc1Oc1ccc(Br)cc1. The van der Waals surface area contributed by atoms with Crippen molar-refractivity contribution in [2.45, 2.75) is 18.9 Å². The van der Waals surface area contributed by atoms with Gasteiger partial charge in [-0.15, -0.1) is 24.8 Å². The number of halogens is 3. The average molecular weight is 449 g/mol. The summed E-state index contributed by atoms with van der Waals surface area (Å²) in [5, 5.41) is 6.33. The standard InChI is InChI=1S/C17H18BrN3O2.2ClH/c18-12-5-7-14(8-6-12)23-17-15(4-2-10-20-17)16(22)21-13-3-1-9-19-11-13;;/h2,4-8,10,13,19H,1,3,9,11H2,(H,21,22);2*1H/t13-;;/m0../s1. The first-order valence-electron chi connectivity index (χ1n) is 7.62. The van der Waals surface area contributed by atoms with Gasteiger partial charge < -0.3 is 15.4 Å². The van der Waals surface area contributed by atoms with E-state index in [4.69, 9.17) is 4.74 Å². The van der Waals surface area contributed by atoms with Crippen molar-refractivity contribution in [3.8, 4) is 11.6 Å². The molecule has 8 heteroatoms. The fourth-order valence-corrected chi connectivity index (χ4v) is 2.76. The number of amides is 1. The zero-order valence-corrected chi connectivity index (χ0v) is 16.6. The normalized spacial score (nSPS) is 16.1. The summed E-state index contributed by atoms with van der Waals surface area (Å²) in [7, 11) is 0. The molecular weight excluding hydrogens is 429 g/mol. The molecule has 2 heterocycles. The van der Waals surface area contributed by atoms with Crippen molar-refractivity contribution in [1.82, 2.24) is 15.6 Å². The van der Waals surface area contributed by atoms with E-state index in [-0.39, 0.29) is 36.8 Å². The molecule has 0 bridgehead atoms. The van der Waals surface area contributed by atoms with Gasteiger partial charge in [0, 0.05) is 23.3 Å². The Morgan fingerprint density at radius 1 is 1.24 bits per heavy atom. The van der Waals surface area contributed by atoms with E-state index in [2.05, 4.69) is 31.5 Å². The highest BCUT2D eigenvalue weighted by molar-refractivity contribution is 9.10. The molecule has 1 aromatic carbocycles. The molecule has 1 fully saturated rings. The number of pyridine rings is 1. The highest BCUT2D eigenvalue weighted by atomic mass is 79.9. The van der Waals surface area contributed by atoms with Crippen molar-refractivity contribution in [2.24, 2.45) is 0 Å². The molecule has 5 nitrogen and oxygen atoms in total. The third-order valence-electron chi connectivity index (χ3n) is 3.68. The summed E-state index contributed by atoms with van der Waals surface area (Å²) in [6.07, 6.45) is 3.68. The monoisotopic (exact) mass is 447 g/mol. The van der Waals surface area contributed by atoms with Crippen LogP contribution in [0.25, 0.3) is 0 Å². The van der Waals surface area contributed by atoms with Crippen LogP contribution in [0.2, 0.25) is 0 Å². The molecule has 0 unspecified atom stereocenters. The molecular formula is C17H20BrCl2N3O2. The van der Waals surface area contributed by atoms with Crippen molar-refractivity contribution in [3.63, 3.8) is 0 Å². The van der Waals surface area contributed by atoms with Crippen LogP contribution in [0.3, 0.4) is 0 Å². The minimum absolute atomic E-state index is 0. The van der Waals surface area contributed by atoms with Crippen molar-refractivity contribution in [3.05, 3.63) is 52.6 Å². The van der Waals surface area contributed by atoms with Crippen molar-refractivity contribution in [1.29, 1.82) is 0 Å². The van der Waals surface area contributed by atoms with E-state index in [9.17, 15) is 4.79 Å². The zero-order valence-electron chi connectivity index (χ0n) is 13.4. The maximum atomic E-state index is 12.5. The van der Waals surface area contributed by atoms with Crippen LogP contribution >= 0.6 is 40.7 Å². The molecule has 25 heavy (non-hydrogen) atoms. The Bertz CT molecular complexity index is 680. The van der Waals surface area contributed by atoms with Gasteiger partial charge in [0.15, 0.2) is 0 Å². The second-order valence-corrected chi connectivity index (χ2v) is 6.34. The van der Waals surface area contributed by atoms with Gasteiger partial charge >= 0.3 is 0 Å². The quantitative estimate of drug-likeness (QED) is 0.742. The van der Waals surface area contributed by atoms with Gasteiger partial charge in [-0.3, -0.25) is 4.79 Å². The number of carbonyl (C=O) groups is 1. The van der Waals surface area contributed by atoms with Crippen LogP contribution < -0.4 is 15.4 Å². The molecule has 1 aliphatic rings. The Hall–Kier alpha value is -1.34. The number of aromatic nitrogens is 1. The number of carbonyl (C=O) groups excluding carboxylic acids is 1. The van der Waals surface area contributed by atoms with E-state index >= 15 is 0 Å². The van der Waals surface area contributed by atoms with E-state index in [1.54, 1.807) is 18.3 Å². The van der Waals surface area contributed by atoms with Crippen LogP contribution in [-0.2, 0) is 0 Å². The first kappa shape index (κ1) is 21.7. The molecule has 0 aliphatic carbocycles. The van der Waals surface area contributed by atoms with Crippen LogP contribution in [0.4, 0.5) is 0 Å². The van der Waals surface area contributed by atoms with Crippen molar-refractivity contribution in [2.75, 3.05) is 13.1 Å². The predicted molar refractivity (Wildman–Crippen MR) is 106 cm³/mol. The minimum atomic E-state index is -0.154. The van der Waals surface area contributed by atoms with Crippen molar-refractivity contribution >= 4 is 46.7 Å². The summed E-state index contributed by atoms with van der Waals surface area (Å²) < 4.78 is 6.73. The van der Waals surface area contributed by atoms with Gasteiger partial charge in [-0.2, -0.15) is 0 Å². The Labute approximate surface area is 167 Å². The Morgan fingerprint density at radius 3 is 2.68 bits per heavy atom. The first-order valence-corrected chi connectivity index (χ1v) is 8.42. The van der Waals surface area contributed by atoms with E-state index < -0.39 is 0 Å². The third kappa shape index (κ3) is 6.15. The fraction of sp³-hybridized carbons (Fsp3) is 0.294. The predicted octanol–water partition coefficient (Wildman–Crippen LogP) is 3.96. The summed E-state index contributed by atoms with van der Waals surface area (Å²) in [6.45, 7) is 1.81. The number of nitrogens with one attached hydrogen (secondary N) is 2. The van der Waals surface area contributed by atoms with E-state index in [1.165, 1.54) is 0 Å². The lowest BCUT2D eigenvalue weighted by molar-refractivity contribution is 0.0927. The molecule has 3 rings (SSSR count). The maximum Gasteiger partial charge on any atom is 0.257 e. The topological polar surface area (TPSA) is 63.2 Å². The largest absolute Gasteiger partial charge is 0.438 e. The Morgan fingerprint density at radius 2 is 2.00 bits per heavy atom. The molecule has 2 N–H and O–H groups in total. The lowest BCUT2D eigenvalue weighted by Crippen LogP contribution is -2.45. The zero-order chi connectivity index (χ0) is 16.1. The minimum Gasteiger partial charge on any atom is -0.438 e. The third-order valence-corrected chi connectivity index (χ3v) is 4.20. The second-order valence-electron chi connectivity index (χ2n) is 5.43. The van der Waals surface area contributed by atoms with Gasteiger partial charge in [0.1, 0.15) is 11.3 Å². The number of nitrogens with zero attached hydrogens (tertiary/aromatic N) is 1. The van der Waals surface area contributed by atoms with Gasteiger partial charge in [0.05, 0.1) is 0 Å². The van der Waals surface area contributed by atoms with Crippen molar-refractivity contribution < 1.29 is 9.53 Å². The van der Waals surface area contributed by atoms with Gasteiger partial charge in [-0.1, -0.05) is 15.9 Å². The molecule has 0 saturated carbocycles. The van der Waals surface area contributed by atoms with Gasteiger partial charge in [-0.25, -0.2) is 4.98 Å². The molecule has 0 radical (unpaired) electrons. The first-order chi connectivity index (χ1) is 11.2. The number of ether oxygens (including phenoxy) is 1. The number of hydrogen-bond acceptors (Lipinski definition) is 4. The molecule has 1 saturated heterocycles. The van der Waals surface area contributed by atoms with E-state index in [0.29, 0.717) is 17.2 Å². The number of hydrogen-bond donors (Lipinski definition) is 2. The van der Waals surface area contributed by atoms with Gasteiger partial charge in [0.25, 0.3) is 5.91 Å². The van der Waals surface area contributed by atoms with Crippen LogP contribution in [0.15, 0.2) is 47.1 Å². The van der Waals surface area contributed by atoms with E-state index in [0.717, 1.165) is 30.4 Å². The molecule has 136 valence electrons. The molecule has 2 aromatic rings. The van der Waals surface area contributed by atoms with Crippen LogP contribution in [0.5, 0.6) is 11.6 Å². The molecule has 1 aromatic heterocycles. The van der Waals surface area contributed by atoms with Crippen LogP contribution in [-0.4, -0.2) is 30.0 Å². The fourth-order valence-electron chi connectivity index (χ4n) is 2.50. The summed E-state index contributed by atoms with van der Waals surface area (Å²) in [5.74, 6) is 0.801. The highest BCUT2D eigenvalue weighted by Gasteiger charge is 2.19. The molecule has 1 amide bonds. The Kier molecular flexibility index (Phi) is 9.21. The van der Waals surface area contributed by atoms with Crippen LogP contribution in [0.1, 0.15) is 23.2 Å². The number of piperidine rings is 1. The van der Waals surface area contributed by atoms with Gasteiger partial charge in [0.2, 0.25) is 5.88 Å². The number of rotatable bonds is 4. The lowest BCUT2D eigenvalue weighted by Gasteiger charge is -2.24. The Balaban J connectivity index is 0.00000156. The molecule has 1 aliphatic heterocycles. The van der Waals surface area contributed by atoms with Gasteiger partial charge in [-0.05, 0) is 55.8 Å². The summed E-state index contributed by atoms with van der Waals surface area (Å²) >= 11 is 3.38. The smallest absolute Gasteiger partial charge is 0.257 e. The summed E-state index contributed by atoms with van der Waals surface area (Å²) in [5.41, 5.74) is 0.445. The number of benzene rings is 1. The maximum absolute atomic E-state index is 12.5.